The minimum Gasteiger partial charge on any atom is -0.449 e. The first kappa shape index (κ1) is 24.0. The van der Waals surface area contributed by atoms with Gasteiger partial charge >= 0.3 is 11.8 Å². The Morgan fingerprint density at radius 2 is 1.93 bits per heavy atom. The maximum absolute atomic E-state index is 12.1. The molecule has 10 nitrogen and oxygen atoms in total. The Kier molecular flexibility index (Phi) is 10.7. The summed E-state index contributed by atoms with van der Waals surface area (Å²) in [5.41, 5.74) is -0.715. The van der Waals surface area contributed by atoms with Crippen molar-refractivity contribution in [3.63, 3.8) is 0 Å². The summed E-state index contributed by atoms with van der Waals surface area (Å²) in [6.45, 7) is 4.04. The summed E-state index contributed by atoms with van der Waals surface area (Å²) in [6, 6.07) is 1.40. The van der Waals surface area contributed by atoms with E-state index in [4.69, 9.17) is 14.6 Å². The molecule has 1 unspecified atom stereocenters. The van der Waals surface area contributed by atoms with E-state index in [9.17, 15) is 19.8 Å². The molecular formula is C18H31N3O7. The van der Waals surface area contributed by atoms with Crippen LogP contribution in [0.4, 0.5) is 10.6 Å². The van der Waals surface area contributed by atoms with Crippen LogP contribution < -0.4 is 11.0 Å². The molecule has 0 bridgehead atoms. The van der Waals surface area contributed by atoms with Gasteiger partial charge in [0.25, 0.3) is 0 Å². The Morgan fingerprint density at radius 3 is 2.50 bits per heavy atom. The molecule has 1 aliphatic rings. The number of aliphatic hydroxyl groups is 3. The zero-order valence-electron chi connectivity index (χ0n) is 16.6. The number of rotatable bonds is 8. The molecule has 28 heavy (non-hydrogen) atoms. The second-order valence-corrected chi connectivity index (χ2v) is 6.39. The quantitative estimate of drug-likeness (QED) is 0.473. The summed E-state index contributed by atoms with van der Waals surface area (Å²) in [5.74, 6) is 0.0447. The van der Waals surface area contributed by atoms with E-state index in [1.54, 1.807) is 6.92 Å². The number of unbranched alkanes of at least 4 members (excludes halogenated alkanes) is 4. The minimum absolute atomic E-state index is 0.0447. The van der Waals surface area contributed by atoms with Crippen LogP contribution in [0.25, 0.3) is 0 Å². The molecule has 0 aliphatic carbocycles. The fourth-order valence-corrected chi connectivity index (χ4v) is 2.74. The highest BCUT2D eigenvalue weighted by Crippen LogP contribution is 2.27. The smallest absolute Gasteiger partial charge is 0.412 e. The Labute approximate surface area is 164 Å². The lowest BCUT2D eigenvalue weighted by Gasteiger charge is -2.17. The largest absolute Gasteiger partial charge is 0.449 e. The van der Waals surface area contributed by atoms with Gasteiger partial charge in [0.05, 0.1) is 12.7 Å². The molecule has 4 atom stereocenters. The predicted molar refractivity (Wildman–Crippen MR) is 102 cm³/mol. The Morgan fingerprint density at radius 1 is 1.25 bits per heavy atom. The van der Waals surface area contributed by atoms with E-state index < -0.39 is 36.3 Å². The van der Waals surface area contributed by atoms with Crippen molar-refractivity contribution < 1.29 is 29.6 Å². The van der Waals surface area contributed by atoms with Crippen LogP contribution in [0.2, 0.25) is 0 Å². The first-order chi connectivity index (χ1) is 13.4. The van der Waals surface area contributed by atoms with Gasteiger partial charge < -0.3 is 24.8 Å². The molecule has 4 N–H and O–H groups in total. The minimum atomic E-state index is -1.24. The van der Waals surface area contributed by atoms with Crippen LogP contribution in [0.5, 0.6) is 0 Å². The molecule has 1 aromatic heterocycles. The van der Waals surface area contributed by atoms with Crippen LogP contribution >= 0.6 is 0 Å². The number of aromatic nitrogens is 2. The number of amides is 1. The highest BCUT2D eigenvalue weighted by molar-refractivity contribution is 5.83. The second-order valence-electron chi connectivity index (χ2n) is 6.39. The van der Waals surface area contributed by atoms with Crippen molar-refractivity contribution in [3.8, 4) is 0 Å². The first-order valence-electron chi connectivity index (χ1n) is 9.43. The van der Waals surface area contributed by atoms with Crippen molar-refractivity contribution in [1.82, 2.24) is 9.55 Å². The topological polar surface area (TPSA) is 143 Å². The van der Waals surface area contributed by atoms with Crippen molar-refractivity contribution in [3.05, 3.63) is 22.7 Å². The first-order valence-corrected chi connectivity index (χ1v) is 9.43. The van der Waals surface area contributed by atoms with Crippen molar-refractivity contribution in [2.24, 2.45) is 0 Å². The van der Waals surface area contributed by atoms with E-state index in [1.807, 2.05) is 0 Å². The van der Waals surface area contributed by atoms with E-state index >= 15 is 0 Å². The average molecular weight is 401 g/mol. The molecule has 10 heteroatoms. The third-order valence-corrected chi connectivity index (χ3v) is 4.29. The summed E-state index contributed by atoms with van der Waals surface area (Å²) in [4.78, 5) is 27.6. The van der Waals surface area contributed by atoms with Crippen LogP contribution in [0.1, 0.15) is 52.2 Å². The van der Waals surface area contributed by atoms with E-state index in [2.05, 4.69) is 17.2 Å². The standard InChI is InChI=1S/C17H27N3O6.CH4O/c1-3-4-5-6-7-10-25-17(24)19-12-8-9-20(16(23)18-12)15-14(22)13(21)11(2)26-15;1-2/h8-9,11,13-15,21-22H,3-7,10H2,1-2H3,(H,18,19,23,24);2H,1H3/t11?,13-,14+,15-;/m1./s1. The van der Waals surface area contributed by atoms with E-state index in [1.165, 1.54) is 18.7 Å². The fourth-order valence-electron chi connectivity index (χ4n) is 2.74. The van der Waals surface area contributed by atoms with Gasteiger partial charge in [-0.15, -0.1) is 0 Å². The van der Waals surface area contributed by atoms with Crippen molar-refractivity contribution in [2.75, 3.05) is 19.0 Å². The van der Waals surface area contributed by atoms with Crippen LogP contribution in [0.3, 0.4) is 0 Å². The summed E-state index contributed by atoms with van der Waals surface area (Å²) in [6.07, 6.45) is 1.95. The molecule has 2 heterocycles. The van der Waals surface area contributed by atoms with Crippen molar-refractivity contribution in [1.29, 1.82) is 0 Å². The van der Waals surface area contributed by atoms with Crippen molar-refractivity contribution in [2.45, 2.75) is 70.5 Å². The normalized spacial score (nSPS) is 23.6. The van der Waals surface area contributed by atoms with Gasteiger partial charge in [0.1, 0.15) is 18.0 Å². The Hall–Kier alpha value is -2.01. The monoisotopic (exact) mass is 401 g/mol. The van der Waals surface area contributed by atoms with E-state index in [-0.39, 0.29) is 5.82 Å². The highest BCUT2D eigenvalue weighted by atomic mass is 16.6. The summed E-state index contributed by atoms with van der Waals surface area (Å²) in [7, 11) is 1.00. The average Bonchev–Trinajstić information content (AvgIpc) is 2.93. The molecule has 1 aliphatic heterocycles. The predicted octanol–water partition coefficient (Wildman–Crippen LogP) is 1.01. The Bertz CT molecular complexity index is 652. The van der Waals surface area contributed by atoms with Gasteiger partial charge in [-0.25, -0.2) is 9.59 Å². The molecule has 0 aromatic carbocycles. The lowest BCUT2D eigenvalue weighted by molar-refractivity contribution is -0.0350. The van der Waals surface area contributed by atoms with Gasteiger partial charge in [-0.2, -0.15) is 4.98 Å². The van der Waals surface area contributed by atoms with Crippen LogP contribution in [-0.2, 0) is 9.47 Å². The lowest BCUT2D eigenvalue weighted by Crippen LogP contribution is -2.35. The van der Waals surface area contributed by atoms with Crippen LogP contribution in [0, 0.1) is 0 Å². The molecule has 0 radical (unpaired) electrons. The van der Waals surface area contributed by atoms with Gasteiger partial charge in [0, 0.05) is 13.3 Å². The molecule has 1 aromatic rings. The van der Waals surface area contributed by atoms with Gasteiger partial charge in [-0.3, -0.25) is 9.88 Å². The summed E-state index contributed by atoms with van der Waals surface area (Å²) < 4.78 is 11.5. The lowest BCUT2D eigenvalue weighted by atomic mass is 10.1. The number of nitrogens with zero attached hydrogens (tertiary/aromatic N) is 2. The number of hydrogen-bond donors (Lipinski definition) is 4. The van der Waals surface area contributed by atoms with Crippen LogP contribution in [0.15, 0.2) is 17.1 Å². The Balaban J connectivity index is 0.00000190. The molecule has 1 saturated heterocycles. The summed E-state index contributed by atoms with van der Waals surface area (Å²) >= 11 is 0. The number of aliphatic hydroxyl groups excluding tert-OH is 3. The molecule has 2 rings (SSSR count). The number of nitrogens with one attached hydrogen (secondary N) is 1. The maximum atomic E-state index is 12.1. The number of carbonyl (C=O) groups is 1. The maximum Gasteiger partial charge on any atom is 0.412 e. The van der Waals surface area contributed by atoms with Gasteiger partial charge in [0.2, 0.25) is 0 Å². The fraction of sp³-hybridized carbons (Fsp3) is 0.722. The number of carbonyl (C=O) groups excluding carboxylic acids is 1. The van der Waals surface area contributed by atoms with Crippen LogP contribution in [-0.4, -0.2) is 63.0 Å². The van der Waals surface area contributed by atoms with E-state index in [0.717, 1.165) is 37.4 Å². The third kappa shape index (κ3) is 6.86. The highest BCUT2D eigenvalue weighted by Gasteiger charge is 2.41. The SMILES string of the molecule is CCCCCCCOC(=O)Nc1ccn([C@@H]2OC(C)[C@@H](O)[C@@H]2O)c(=O)n1.CO. The molecule has 1 amide bonds. The van der Waals surface area contributed by atoms with Gasteiger partial charge in [0.15, 0.2) is 6.23 Å². The molecular weight excluding hydrogens is 370 g/mol. The summed E-state index contributed by atoms with van der Waals surface area (Å²) in [5, 5.41) is 29.1. The second kappa shape index (κ2) is 12.4. The zero-order valence-corrected chi connectivity index (χ0v) is 16.6. The number of anilines is 1. The molecule has 0 saturated carbocycles. The molecule has 1 fully saturated rings. The van der Waals surface area contributed by atoms with Crippen molar-refractivity contribution >= 4 is 11.9 Å². The number of hydrogen-bond acceptors (Lipinski definition) is 8. The number of ether oxygens (including phenoxy) is 2. The zero-order chi connectivity index (χ0) is 21.1. The molecule has 160 valence electrons. The third-order valence-electron chi connectivity index (χ3n) is 4.29. The molecule has 0 spiro atoms. The van der Waals surface area contributed by atoms with Gasteiger partial charge in [-0.05, 0) is 19.4 Å². The van der Waals surface area contributed by atoms with E-state index in [0.29, 0.717) is 6.61 Å². The van der Waals surface area contributed by atoms with Gasteiger partial charge in [-0.1, -0.05) is 32.6 Å².